The predicted molar refractivity (Wildman–Crippen MR) is 88.4 cm³/mol. The Morgan fingerprint density at radius 2 is 1.95 bits per heavy atom. The van der Waals surface area contributed by atoms with Crippen molar-refractivity contribution in [2.75, 3.05) is 11.4 Å². The Kier molecular flexibility index (Phi) is 3.94. The summed E-state index contributed by atoms with van der Waals surface area (Å²) < 4.78 is 13.6. The number of anilines is 2. The zero-order valence-electron chi connectivity index (χ0n) is 12.3. The van der Waals surface area contributed by atoms with Crippen molar-refractivity contribution in [2.45, 2.75) is 13.8 Å². The summed E-state index contributed by atoms with van der Waals surface area (Å²) in [7, 11) is 0. The number of hydrogen-bond donors (Lipinski definition) is 0. The third-order valence-electron chi connectivity index (χ3n) is 3.50. The molecule has 0 saturated carbocycles. The van der Waals surface area contributed by atoms with E-state index in [2.05, 4.69) is 16.0 Å². The maximum atomic E-state index is 13.6. The van der Waals surface area contributed by atoms with E-state index in [-0.39, 0.29) is 11.1 Å². The fourth-order valence-corrected chi connectivity index (χ4v) is 2.68. The summed E-state index contributed by atoms with van der Waals surface area (Å²) in [4.78, 5) is 10.5. The Morgan fingerprint density at radius 1 is 1.14 bits per heavy atom. The summed E-state index contributed by atoms with van der Waals surface area (Å²) in [6.07, 6.45) is 0. The van der Waals surface area contributed by atoms with Crippen LogP contribution in [0.15, 0.2) is 42.5 Å². The summed E-state index contributed by atoms with van der Waals surface area (Å²) in [6, 6.07) is 12.5. The van der Waals surface area contributed by atoms with Gasteiger partial charge in [0.1, 0.15) is 11.6 Å². The van der Waals surface area contributed by atoms with Crippen LogP contribution in [0.25, 0.3) is 10.9 Å². The van der Waals surface area contributed by atoms with Crippen LogP contribution in [0, 0.1) is 12.7 Å². The molecule has 0 aliphatic rings. The maximum absolute atomic E-state index is 13.6. The number of nitrogens with zero attached hydrogens (tertiary/aromatic N) is 3. The lowest BCUT2D eigenvalue weighted by Crippen LogP contribution is -2.18. The van der Waals surface area contributed by atoms with Gasteiger partial charge in [-0.3, -0.25) is 0 Å². The molecule has 0 aliphatic heterocycles. The van der Waals surface area contributed by atoms with E-state index in [1.54, 1.807) is 6.07 Å². The van der Waals surface area contributed by atoms with E-state index in [0.29, 0.717) is 23.3 Å². The Labute approximate surface area is 133 Å². The van der Waals surface area contributed by atoms with Gasteiger partial charge in [0.25, 0.3) is 0 Å². The van der Waals surface area contributed by atoms with Crippen molar-refractivity contribution < 1.29 is 4.39 Å². The smallest absolute Gasteiger partial charge is 0.224 e. The largest absolute Gasteiger partial charge is 0.326 e. The molecule has 0 atom stereocenters. The van der Waals surface area contributed by atoms with Crippen LogP contribution < -0.4 is 4.90 Å². The molecular formula is C17H15ClFN3. The molecule has 0 unspecified atom stereocenters. The van der Waals surface area contributed by atoms with Crippen LogP contribution in [-0.4, -0.2) is 16.5 Å². The first-order chi connectivity index (χ1) is 10.6. The first-order valence-electron chi connectivity index (χ1n) is 7.05. The molecule has 3 nitrogen and oxygen atoms in total. The molecule has 2 aromatic carbocycles. The molecule has 5 heteroatoms. The highest BCUT2D eigenvalue weighted by molar-refractivity contribution is 6.28. The van der Waals surface area contributed by atoms with Gasteiger partial charge in [-0.15, -0.1) is 0 Å². The molecule has 1 aromatic heterocycles. The Bertz CT molecular complexity index is 835. The fourth-order valence-electron chi connectivity index (χ4n) is 2.51. The number of hydrogen-bond acceptors (Lipinski definition) is 3. The lowest BCUT2D eigenvalue weighted by Gasteiger charge is -2.24. The van der Waals surface area contributed by atoms with Crippen LogP contribution in [0.3, 0.4) is 0 Å². The summed E-state index contributed by atoms with van der Waals surface area (Å²) in [5.74, 6) is 0.294. The Hall–Kier alpha value is -2.20. The minimum atomic E-state index is -0.319. The lowest BCUT2D eigenvalue weighted by molar-refractivity contribution is 0.629. The molecule has 0 radical (unpaired) electrons. The molecule has 0 amide bonds. The molecule has 0 bridgehead atoms. The average Bonchev–Trinajstić information content (AvgIpc) is 2.49. The highest BCUT2D eigenvalue weighted by Gasteiger charge is 2.15. The first kappa shape index (κ1) is 14.7. The maximum Gasteiger partial charge on any atom is 0.224 e. The molecular weight excluding hydrogens is 301 g/mol. The van der Waals surface area contributed by atoms with Gasteiger partial charge in [-0.2, -0.15) is 4.98 Å². The highest BCUT2D eigenvalue weighted by atomic mass is 35.5. The minimum absolute atomic E-state index is 0.153. The SMILES string of the molecule is CCN(c1cccc(C)c1)c1nc(Cl)nc2ccc(F)cc12. The second-order valence-electron chi connectivity index (χ2n) is 5.06. The van der Waals surface area contributed by atoms with E-state index in [0.717, 1.165) is 11.3 Å². The van der Waals surface area contributed by atoms with Gasteiger partial charge in [-0.1, -0.05) is 12.1 Å². The van der Waals surface area contributed by atoms with Gasteiger partial charge < -0.3 is 4.90 Å². The van der Waals surface area contributed by atoms with E-state index in [9.17, 15) is 4.39 Å². The topological polar surface area (TPSA) is 29.0 Å². The lowest BCUT2D eigenvalue weighted by atomic mass is 10.1. The van der Waals surface area contributed by atoms with Gasteiger partial charge >= 0.3 is 0 Å². The van der Waals surface area contributed by atoms with E-state index in [4.69, 9.17) is 11.6 Å². The van der Waals surface area contributed by atoms with Crippen LogP contribution in [-0.2, 0) is 0 Å². The Balaban J connectivity index is 2.24. The molecule has 0 saturated heterocycles. The van der Waals surface area contributed by atoms with Crippen molar-refractivity contribution in [3.8, 4) is 0 Å². The zero-order chi connectivity index (χ0) is 15.7. The summed E-state index contributed by atoms with van der Waals surface area (Å²) in [5.41, 5.74) is 2.76. The summed E-state index contributed by atoms with van der Waals surface area (Å²) >= 11 is 6.04. The fraction of sp³-hybridized carbons (Fsp3) is 0.176. The van der Waals surface area contributed by atoms with E-state index in [1.807, 2.05) is 36.9 Å². The summed E-state index contributed by atoms with van der Waals surface area (Å²) in [6.45, 7) is 4.73. The van der Waals surface area contributed by atoms with Gasteiger partial charge in [0.2, 0.25) is 5.28 Å². The van der Waals surface area contributed by atoms with Gasteiger partial charge in [0.05, 0.1) is 5.52 Å². The van der Waals surface area contributed by atoms with Crippen molar-refractivity contribution in [1.29, 1.82) is 0 Å². The van der Waals surface area contributed by atoms with Crippen molar-refractivity contribution in [3.63, 3.8) is 0 Å². The molecule has 3 rings (SSSR count). The summed E-state index contributed by atoms with van der Waals surface area (Å²) in [5, 5.41) is 0.799. The number of aryl methyl sites for hydroxylation is 1. The number of fused-ring (bicyclic) bond motifs is 1. The molecule has 0 fully saturated rings. The van der Waals surface area contributed by atoms with Gasteiger partial charge in [-0.05, 0) is 61.3 Å². The van der Waals surface area contributed by atoms with Crippen LogP contribution in [0.4, 0.5) is 15.9 Å². The number of benzene rings is 2. The second-order valence-corrected chi connectivity index (χ2v) is 5.40. The molecule has 22 heavy (non-hydrogen) atoms. The number of halogens is 2. The monoisotopic (exact) mass is 315 g/mol. The van der Waals surface area contributed by atoms with Gasteiger partial charge in [-0.25, -0.2) is 9.37 Å². The predicted octanol–water partition coefficient (Wildman–Crippen LogP) is 4.89. The average molecular weight is 316 g/mol. The third-order valence-corrected chi connectivity index (χ3v) is 3.66. The van der Waals surface area contributed by atoms with E-state index in [1.165, 1.54) is 12.1 Å². The highest BCUT2D eigenvalue weighted by Crippen LogP contribution is 2.31. The van der Waals surface area contributed by atoms with Crippen molar-refractivity contribution in [1.82, 2.24) is 9.97 Å². The molecule has 0 aliphatic carbocycles. The van der Waals surface area contributed by atoms with Crippen molar-refractivity contribution in [2.24, 2.45) is 0 Å². The molecule has 1 heterocycles. The van der Waals surface area contributed by atoms with Crippen LogP contribution in [0.1, 0.15) is 12.5 Å². The first-order valence-corrected chi connectivity index (χ1v) is 7.43. The van der Waals surface area contributed by atoms with E-state index < -0.39 is 0 Å². The second kappa shape index (κ2) is 5.89. The van der Waals surface area contributed by atoms with Gasteiger partial charge in [0.15, 0.2) is 0 Å². The molecule has 112 valence electrons. The number of rotatable bonds is 3. The van der Waals surface area contributed by atoms with Crippen LogP contribution in [0.5, 0.6) is 0 Å². The molecule has 3 aromatic rings. The van der Waals surface area contributed by atoms with Crippen molar-refractivity contribution in [3.05, 3.63) is 59.1 Å². The molecule has 0 spiro atoms. The quantitative estimate of drug-likeness (QED) is 0.644. The van der Waals surface area contributed by atoms with Crippen molar-refractivity contribution >= 4 is 34.0 Å². The van der Waals surface area contributed by atoms with Crippen LogP contribution >= 0.6 is 11.6 Å². The third kappa shape index (κ3) is 2.74. The number of aromatic nitrogens is 2. The Morgan fingerprint density at radius 3 is 2.68 bits per heavy atom. The normalized spacial score (nSPS) is 10.9. The zero-order valence-corrected chi connectivity index (χ0v) is 13.1. The molecule has 0 N–H and O–H groups in total. The van der Waals surface area contributed by atoms with Gasteiger partial charge in [0, 0.05) is 17.6 Å². The standard InChI is InChI=1S/C17H15ClFN3/c1-3-22(13-6-4-5-11(2)9-13)16-14-10-12(19)7-8-15(14)20-17(18)21-16/h4-10H,3H2,1-2H3. The van der Waals surface area contributed by atoms with Crippen LogP contribution in [0.2, 0.25) is 5.28 Å². The minimum Gasteiger partial charge on any atom is -0.326 e. The van der Waals surface area contributed by atoms with E-state index >= 15 is 0 Å².